The number of nitrogens with zero attached hydrogens (tertiary/aromatic N) is 2. The van der Waals surface area contributed by atoms with E-state index in [2.05, 4.69) is 20.0 Å². The van der Waals surface area contributed by atoms with Crippen molar-refractivity contribution < 1.29 is 31.1 Å². The summed E-state index contributed by atoms with van der Waals surface area (Å²) in [5.74, 6) is -0.0405. The monoisotopic (exact) mass is 413 g/mol. The summed E-state index contributed by atoms with van der Waals surface area (Å²) in [6.07, 6.45) is -6.37. The summed E-state index contributed by atoms with van der Waals surface area (Å²) in [5.41, 5.74) is 0.701. The molecule has 0 unspecified atom stereocenters. The van der Waals surface area contributed by atoms with Crippen molar-refractivity contribution in [2.45, 2.75) is 19.1 Å². The highest BCUT2D eigenvalue weighted by molar-refractivity contribution is 5.71. The highest BCUT2D eigenvalue weighted by Crippen LogP contribution is 2.30. The third kappa shape index (κ3) is 5.59. The number of rotatable bonds is 5. The normalized spacial score (nSPS) is 11.9. The van der Waals surface area contributed by atoms with Gasteiger partial charge in [0.25, 0.3) is 0 Å². The number of hydrogen-bond acceptors (Lipinski definition) is 4. The van der Waals surface area contributed by atoms with E-state index < -0.39 is 18.1 Å². The van der Waals surface area contributed by atoms with E-state index in [1.54, 1.807) is 0 Å². The van der Waals surface area contributed by atoms with Crippen molar-refractivity contribution in [3.05, 3.63) is 72.1 Å². The van der Waals surface area contributed by atoms with Gasteiger partial charge in [-0.3, -0.25) is 4.98 Å². The number of halogens is 6. The molecule has 3 rings (SSSR count). The van der Waals surface area contributed by atoms with E-state index in [1.807, 2.05) is 0 Å². The van der Waals surface area contributed by atoms with Crippen LogP contribution in [0.15, 0.2) is 60.9 Å². The van der Waals surface area contributed by atoms with Crippen LogP contribution in [0.3, 0.4) is 0 Å². The highest BCUT2D eigenvalue weighted by atomic mass is 19.4. The summed E-state index contributed by atoms with van der Waals surface area (Å²) in [5, 5.41) is 2.97. The Kier molecular flexibility index (Phi) is 5.62. The van der Waals surface area contributed by atoms with Crippen molar-refractivity contribution in [3.8, 4) is 17.0 Å². The lowest BCUT2D eigenvalue weighted by Crippen LogP contribution is -2.16. The van der Waals surface area contributed by atoms with E-state index >= 15 is 0 Å². The molecule has 0 fully saturated rings. The zero-order valence-corrected chi connectivity index (χ0v) is 14.6. The molecule has 0 spiro atoms. The van der Waals surface area contributed by atoms with Crippen LogP contribution < -0.4 is 10.1 Å². The van der Waals surface area contributed by atoms with E-state index in [-0.39, 0.29) is 12.3 Å². The van der Waals surface area contributed by atoms with Gasteiger partial charge in [0.1, 0.15) is 11.4 Å². The van der Waals surface area contributed by atoms with Gasteiger partial charge < -0.3 is 10.1 Å². The van der Waals surface area contributed by atoms with E-state index in [0.717, 1.165) is 24.3 Å². The Labute approximate surface area is 161 Å². The molecule has 0 aliphatic heterocycles. The highest BCUT2D eigenvalue weighted by Gasteiger charge is 2.31. The summed E-state index contributed by atoms with van der Waals surface area (Å²) >= 11 is 0. The van der Waals surface area contributed by atoms with E-state index in [9.17, 15) is 26.3 Å². The van der Waals surface area contributed by atoms with E-state index in [0.29, 0.717) is 22.6 Å². The van der Waals surface area contributed by atoms with Crippen molar-refractivity contribution in [1.82, 2.24) is 9.97 Å². The maximum Gasteiger partial charge on any atom is 0.573 e. The van der Waals surface area contributed by atoms with Crippen LogP contribution in [-0.4, -0.2) is 16.3 Å². The standard InChI is InChI=1S/C19H13F6N3O/c20-18(21,22)14-5-1-12(2-6-14)11-28-17-16(26-9-10-27-17)13-3-7-15(8-4-13)29-19(23,24)25/h1-10H,11H2,(H,27,28). The third-order valence-electron chi connectivity index (χ3n) is 3.80. The van der Waals surface area contributed by atoms with Crippen molar-refractivity contribution in [3.63, 3.8) is 0 Å². The number of aromatic nitrogens is 2. The zero-order valence-electron chi connectivity index (χ0n) is 14.6. The smallest absolute Gasteiger partial charge is 0.406 e. The fourth-order valence-corrected chi connectivity index (χ4v) is 2.49. The van der Waals surface area contributed by atoms with Gasteiger partial charge in [-0.1, -0.05) is 12.1 Å². The fourth-order valence-electron chi connectivity index (χ4n) is 2.49. The predicted molar refractivity (Wildman–Crippen MR) is 92.9 cm³/mol. The molecule has 10 heteroatoms. The first kappa shape index (κ1) is 20.4. The molecular weight excluding hydrogens is 400 g/mol. The van der Waals surface area contributed by atoms with Gasteiger partial charge >= 0.3 is 12.5 Å². The predicted octanol–water partition coefficient (Wildman–Crippen LogP) is 5.67. The van der Waals surface area contributed by atoms with Gasteiger partial charge in [0.2, 0.25) is 0 Å². The van der Waals surface area contributed by atoms with Crippen LogP contribution >= 0.6 is 0 Å². The van der Waals surface area contributed by atoms with Crippen LogP contribution in [0.5, 0.6) is 5.75 Å². The lowest BCUT2D eigenvalue weighted by molar-refractivity contribution is -0.274. The molecule has 4 nitrogen and oxygen atoms in total. The van der Waals surface area contributed by atoms with Gasteiger partial charge in [0.05, 0.1) is 5.56 Å². The second-order valence-electron chi connectivity index (χ2n) is 5.87. The summed E-state index contributed by atoms with van der Waals surface area (Å²) in [4.78, 5) is 8.32. The number of benzene rings is 2. The molecule has 2 aromatic carbocycles. The number of nitrogens with one attached hydrogen (secondary N) is 1. The second-order valence-corrected chi connectivity index (χ2v) is 5.87. The molecule has 152 valence electrons. The first-order valence-electron chi connectivity index (χ1n) is 8.19. The first-order chi connectivity index (χ1) is 13.6. The number of alkyl halides is 6. The molecule has 29 heavy (non-hydrogen) atoms. The largest absolute Gasteiger partial charge is 0.573 e. The quantitative estimate of drug-likeness (QED) is 0.548. The van der Waals surface area contributed by atoms with Crippen LogP contribution in [0.2, 0.25) is 0 Å². The van der Waals surface area contributed by atoms with Crippen LogP contribution in [0.25, 0.3) is 11.3 Å². The molecule has 0 saturated carbocycles. The second kappa shape index (κ2) is 7.98. The Morgan fingerprint density at radius 1 is 0.793 bits per heavy atom. The summed E-state index contributed by atoms with van der Waals surface area (Å²) in [6, 6.07) is 9.74. The molecule has 0 atom stereocenters. The zero-order chi connectivity index (χ0) is 21.1. The molecule has 0 amide bonds. The van der Waals surface area contributed by atoms with Gasteiger partial charge in [-0.25, -0.2) is 4.98 Å². The Hall–Kier alpha value is -3.30. The third-order valence-corrected chi connectivity index (χ3v) is 3.80. The Bertz CT molecular complexity index is 953. The van der Waals surface area contributed by atoms with Gasteiger partial charge in [-0.05, 0) is 42.0 Å². The minimum absolute atomic E-state index is 0.180. The summed E-state index contributed by atoms with van der Waals surface area (Å²) < 4.78 is 78.5. The SMILES string of the molecule is FC(F)(F)Oc1ccc(-c2nccnc2NCc2ccc(C(F)(F)F)cc2)cc1. The Morgan fingerprint density at radius 2 is 1.41 bits per heavy atom. The van der Waals surface area contributed by atoms with Crippen molar-refractivity contribution >= 4 is 5.82 Å². The Morgan fingerprint density at radius 3 is 2.00 bits per heavy atom. The molecule has 0 aliphatic rings. The first-order valence-corrected chi connectivity index (χ1v) is 8.19. The van der Waals surface area contributed by atoms with Crippen LogP contribution in [0, 0.1) is 0 Å². The van der Waals surface area contributed by atoms with E-state index in [4.69, 9.17) is 0 Å². The minimum Gasteiger partial charge on any atom is -0.406 e. The molecule has 0 bridgehead atoms. The van der Waals surface area contributed by atoms with Gasteiger partial charge in [-0.2, -0.15) is 13.2 Å². The van der Waals surface area contributed by atoms with Gasteiger partial charge in [0.15, 0.2) is 5.82 Å². The molecule has 1 aromatic heterocycles. The summed E-state index contributed by atoms with van der Waals surface area (Å²) in [6.45, 7) is 0.180. The minimum atomic E-state index is -4.79. The van der Waals surface area contributed by atoms with Crippen LogP contribution in [0.4, 0.5) is 32.2 Å². The average Bonchev–Trinajstić information content (AvgIpc) is 2.66. The summed E-state index contributed by atoms with van der Waals surface area (Å²) in [7, 11) is 0. The van der Waals surface area contributed by atoms with Crippen molar-refractivity contribution in [2.24, 2.45) is 0 Å². The topological polar surface area (TPSA) is 47.0 Å². The molecule has 3 aromatic rings. The fraction of sp³-hybridized carbons (Fsp3) is 0.158. The van der Waals surface area contributed by atoms with Gasteiger partial charge in [-0.15, -0.1) is 13.2 Å². The van der Waals surface area contributed by atoms with Crippen molar-refractivity contribution in [2.75, 3.05) is 5.32 Å². The maximum atomic E-state index is 12.6. The molecule has 1 heterocycles. The lowest BCUT2D eigenvalue weighted by atomic mass is 10.1. The van der Waals surface area contributed by atoms with E-state index in [1.165, 1.54) is 36.7 Å². The Balaban J connectivity index is 1.74. The van der Waals surface area contributed by atoms with Crippen LogP contribution in [0.1, 0.15) is 11.1 Å². The van der Waals surface area contributed by atoms with Crippen LogP contribution in [-0.2, 0) is 12.7 Å². The molecule has 0 radical (unpaired) electrons. The molecule has 0 aliphatic carbocycles. The average molecular weight is 413 g/mol. The van der Waals surface area contributed by atoms with Gasteiger partial charge in [0, 0.05) is 24.5 Å². The maximum absolute atomic E-state index is 12.6. The molecular formula is C19H13F6N3O. The lowest BCUT2D eigenvalue weighted by Gasteiger charge is -2.12. The number of ether oxygens (including phenoxy) is 1. The number of anilines is 1. The molecule has 1 N–H and O–H groups in total. The van der Waals surface area contributed by atoms with Crippen molar-refractivity contribution in [1.29, 1.82) is 0 Å². The molecule has 0 saturated heterocycles. The number of hydrogen-bond donors (Lipinski definition) is 1.